The summed E-state index contributed by atoms with van der Waals surface area (Å²) in [6.07, 6.45) is 8.33. The van der Waals surface area contributed by atoms with Crippen molar-refractivity contribution in [3.05, 3.63) is 36.9 Å². The standard InChI is InChI=1S/C25H31F2IN2O3S2/c1-24(2,3)33-22(31)19-15-10-5-4-6-11-18(15)35-21(19)30-23(32)29-13-16-14-9-7-8-12-17(14)34-20(16)25(26,27)28/h4-13H2,1-3H3,(H2,29,30,32). The number of rotatable bonds is 5. The van der Waals surface area contributed by atoms with Gasteiger partial charge in [-0.25, -0.2) is 9.59 Å². The summed E-state index contributed by atoms with van der Waals surface area (Å²) in [7, 11) is 0. The minimum absolute atomic E-state index is 0.0262. The predicted octanol–water partition coefficient (Wildman–Crippen LogP) is 7.72. The van der Waals surface area contributed by atoms with Gasteiger partial charge in [0.1, 0.15) is 10.6 Å². The fourth-order valence-electron chi connectivity index (χ4n) is 4.74. The first-order valence-corrected chi connectivity index (χ1v) is 14.8. The Morgan fingerprint density at radius 2 is 1.54 bits per heavy atom. The van der Waals surface area contributed by atoms with Gasteiger partial charge in [-0.1, -0.05) is 6.42 Å². The second kappa shape index (κ2) is 10.6. The van der Waals surface area contributed by atoms with Gasteiger partial charge in [0.2, 0.25) is 0 Å². The number of carbonyl (C=O) groups excluding carboxylic acids is 2. The second-order valence-corrected chi connectivity index (χ2v) is 13.7. The molecule has 2 aliphatic rings. The maximum atomic E-state index is 14.3. The monoisotopic (exact) mass is 636 g/mol. The molecule has 35 heavy (non-hydrogen) atoms. The number of esters is 1. The molecule has 0 aromatic carbocycles. The predicted molar refractivity (Wildman–Crippen MR) is 145 cm³/mol. The van der Waals surface area contributed by atoms with Crippen LogP contribution in [0.2, 0.25) is 0 Å². The maximum absolute atomic E-state index is 14.3. The zero-order valence-corrected chi connectivity index (χ0v) is 24.0. The van der Waals surface area contributed by atoms with E-state index in [0.29, 0.717) is 16.1 Å². The van der Waals surface area contributed by atoms with E-state index in [4.69, 9.17) is 4.74 Å². The van der Waals surface area contributed by atoms with E-state index in [1.165, 1.54) is 45.3 Å². The van der Waals surface area contributed by atoms with Crippen molar-refractivity contribution in [2.45, 2.75) is 94.6 Å². The number of aryl methyl sites for hydroxylation is 2. The second-order valence-electron chi connectivity index (χ2n) is 10.1. The number of fused-ring (bicyclic) bond motifs is 2. The average molecular weight is 637 g/mol. The van der Waals surface area contributed by atoms with Gasteiger partial charge < -0.3 is 10.1 Å². The molecular weight excluding hydrogens is 605 g/mol. The van der Waals surface area contributed by atoms with Gasteiger partial charge in [0.25, 0.3) is 0 Å². The normalized spacial score (nSPS) is 16.2. The van der Waals surface area contributed by atoms with Gasteiger partial charge in [-0.3, -0.25) is 5.32 Å². The number of anilines is 1. The molecule has 0 saturated carbocycles. The van der Waals surface area contributed by atoms with Crippen molar-refractivity contribution in [3.8, 4) is 0 Å². The topological polar surface area (TPSA) is 67.4 Å². The van der Waals surface area contributed by atoms with Crippen LogP contribution < -0.4 is 10.6 Å². The number of amides is 2. The molecule has 2 amide bonds. The van der Waals surface area contributed by atoms with E-state index in [1.807, 2.05) is 20.8 Å². The van der Waals surface area contributed by atoms with E-state index < -0.39 is 21.5 Å². The van der Waals surface area contributed by atoms with Crippen LogP contribution in [-0.4, -0.2) is 17.6 Å². The lowest BCUT2D eigenvalue weighted by molar-refractivity contribution is 0.00700. The van der Waals surface area contributed by atoms with Crippen LogP contribution in [0.25, 0.3) is 0 Å². The molecule has 0 aliphatic heterocycles. The van der Waals surface area contributed by atoms with Crippen molar-refractivity contribution in [3.63, 3.8) is 0 Å². The molecule has 0 fully saturated rings. The summed E-state index contributed by atoms with van der Waals surface area (Å²) in [4.78, 5) is 28.2. The molecule has 4 rings (SSSR count). The van der Waals surface area contributed by atoms with Crippen LogP contribution in [-0.2, 0) is 40.9 Å². The van der Waals surface area contributed by atoms with Crippen LogP contribution in [0.15, 0.2) is 0 Å². The van der Waals surface area contributed by atoms with Crippen LogP contribution >= 0.6 is 45.3 Å². The first kappa shape index (κ1) is 26.8. The van der Waals surface area contributed by atoms with Gasteiger partial charge in [-0.15, -0.1) is 22.7 Å². The zero-order chi connectivity index (χ0) is 25.4. The van der Waals surface area contributed by atoms with Gasteiger partial charge in [0, 0.05) is 38.9 Å². The quantitative estimate of drug-likeness (QED) is 0.153. The van der Waals surface area contributed by atoms with Gasteiger partial charge >= 0.3 is 15.9 Å². The Hall–Kier alpha value is -1.27. The fraction of sp³-hybridized carbons (Fsp3) is 0.600. The molecule has 2 heterocycles. The summed E-state index contributed by atoms with van der Waals surface area (Å²) < 4.78 is 31.3. The highest BCUT2D eigenvalue weighted by Gasteiger charge is 2.36. The number of hydrogen-bond donors (Lipinski definition) is 2. The molecule has 2 aromatic heterocycles. The van der Waals surface area contributed by atoms with Crippen molar-refractivity contribution >= 4 is 62.3 Å². The van der Waals surface area contributed by atoms with Gasteiger partial charge in [-0.2, -0.15) is 8.78 Å². The summed E-state index contributed by atoms with van der Waals surface area (Å²) in [6.45, 7) is 5.48. The fourth-order valence-corrected chi connectivity index (χ4v) is 7.94. The van der Waals surface area contributed by atoms with Crippen molar-refractivity contribution in [1.29, 1.82) is 0 Å². The summed E-state index contributed by atoms with van der Waals surface area (Å²) in [6, 6.07) is -0.510. The number of alkyl halides is 3. The molecule has 0 bridgehead atoms. The molecule has 5 nitrogen and oxygen atoms in total. The average Bonchev–Trinajstić information content (AvgIpc) is 3.21. The molecule has 2 aromatic rings. The van der Waals surface area contributed by atoms with Crippen LogP contribution in [0.5, 0.6) is 0 Å². The van der Waals surface area contributed by atoms with Crippen LogP contribution in [0.4, 0.5) is 18.6 Å². The maximum Gasteiger partial charge on any atom is 0.341 e. The number of hydrogen-bond acceptors (Lipinski definition) is 5. The highest BCUT2D eigenvalue weighted by molar-refractivity contribution is 14.1. The Morgan fingerprint density at radius 1 is 0.943 bits per heavy atom. The van der Waals surface area contributed by atoms with E-state index in [2.05, 4.69) is 10.6 Å². The SMILES string of the molecule is CC(C)(C)OC(=O)c1c(NC(=O)NCc2c(C(F)(F)I)sc3c2CCCC3)sc2c1CCCCC2. The molecule has 0 saturated heterocycles. The summed E-state index contributed by atoms with van der Waals surface area (Å²) >= 11 is 3.76. The smallest absolute Gasteiger partial charge is 0.341 e. The van der Waals surface area contributed by atoms with Crippen LogP contribution in [0.3, 0.4) is 0 Å². The van der Waals surface area contributed by atoms with Gasteiger partial charge in [-0.05, 0) is 88.8 Å². The number of carbonyl (C=O) groups is 2. The van der Waals surface area contributed by atoms with Crippen molar-refractivity contribution in [1.82, 2.24) is 5.32 Å². The van der Waals surface area contributed by atoms with Crippen LogP contribution in [0.1, 0.15) is 94.6 Å². The molecule has 0 spiro atoms. The summed E-state index contributed by atoms with van der Waals surface area (Å²) in [5, 5.41) is 6.08. The Morgan fingerprint density at radius 3 is 2.23 bits per heavy atom. The van der Waals surface area contributed by atoms with E-state index in [9.17, 15) is 18.4 Å². The molecule has 2 aliphatic carbocycles. The lowest BCUT2D eigenvalue weighted by atomic mass is 9.95. The van der Waals surface area contributed by atoms with Gasteiger partial charge in [0.15, 0.2) is 0 Å². The number of thiophene rings is 2. The van der Waals surface area contributed by atoms with Crippen molar-refractivity contribution < 1.29 is 23.1 Å². The highest BCUT2D eigenvalue weighted by atomic mass is 127. The zero-order valence-electron chi connectivity index (χ0n) is 20.2. The summed E-state index contributed by atoms with van der Waals surface area (Å²) in [5.41, 5.74) is 2.24. The summed E-state index contributed by atoms with van der Waals surface area (Å²) in [5.74, 6) is -0.439. The Labute approximate surface area is 226 Å². The molecule has 0 radical (unpaired) electrons. The minimum Gasteiger partial charge on any atom is -0.456 e. The van der Waals surface area contributed by atoms with E-state index in [1.54, 1.807) is 0 Å². The largest absolute Gasteiger partial charge is 0.456 e. The van der Waals surface area contributed by atoms with E-state index >= 15 is 0 Å². The lowest BCUT2D eigenvalue weighted by Crippen LogP contribution is -2.30. The Bertz CT molecular complexity index is 1120. The highest BCUT2D eigenvalue weighted by Crippen LogP contribution is 2.46. The van der Waals surface area contributed by atoms with E-state index in [-0.39, 0.29) is 11.4 Å². The number of halogens is 3. The van der Waals surface area contributed by atoms with E-state index in [0.717, 1.165) is 78.7 Å². The molecule has 192 valence electrons. The number of ether oxygens (including phenoxy) is 1. The molecule has 0 atom stereocenters. The third-order valence-corrected chi connectivity index (χ3v) is 9.73. The first-order valence-electron chi connectivity index (χ1n) is 12.1. The van der Waals surface area contributed by atoms with Gasteiger partial charge in [0.05, 0.1) is 10.4 Å². The van der Waals surface area contributed by atoms with Crippen molar-refractivity contribution in [2.24, 2.45) is 0 Å². The number of urea groups is 1. The molecular formula is C25H31F2IN2O3S2. The first-order chi connectivity index (χ1) is 16.4. The lowest BCUT2D eigenvalue weighted by Gasteiger charge is -2.20. The third kappa shape index (κ3) is 6.36. The third-order valence-electron chi connectivity index (χ3n) is 6.22. The molecule has 0 unspecified atom stereocenters. The molecule has 10 heteroatoms. The number of nitrogens with one attached hydrogen (secondary N) is 2. The molecule has 2 N–H and O–H groups in total. The minimum atomic E-state index is -2.98. The van der Waals surface area contributed by atoms with Crippen LogP contribution in [0, 0.1) is 0 Å². The Kier molecular flexibility index (Phi) is 8.12. The Balaban J connectivity index is 1.55. The van der Waals surface area contributed by atoms with Crippen molar-refractivity contribution in [2.75, 3.05) is 5.32 Å².